The molecule has 5 atom stereocenters. The van der Waals surface area contributed by atoms with Crippen LogP contribution in [0.15, 0.2) is 16.8 Å². The van der Waals surface area contributed by atoms with Crippen molar-refractivity contribution in [1.29, 1.82) is 0 Å². The topological polar surface area (TPSA) is 196 Å². The first-order chi connectivity index (χ1) is 15.6. The molecule has 1 aliphatic rings. The molecule has 7 N–H and O–H groups in total. The van der Waals surface area contributed by atoms with Crippen molar-refractivity contribution < 1.29 is 38.8 Å². The molecule has 0 radical (unpaired) electrons. The Morgan fingerprint density at radius 2 is 1.91 bits per heavy atom. The highest BCUT2D eigenvalue weighted by Crippen LogP contribution is 2.27. The molecule has 1 rings (SSSR count). The van der Waals surface area contributed by atoms with Crippen molar-refractivity contribution in [2.45, 2.75) is 82.8 Å². The van der Waals surface area contributed by atoms with E-state index < -0.39 is 60.6 Å². The van der Waals surface area contributed by atoms with Crippen molar-refractivity contribution >= 4 is 23.8 Å². The number of carbonyl (C=O) groups is 3. The minimum atomic E-state index is -1.39. The number of aliphatic hydroxyl groups is 1. The highest BCUT2D eigenvalue weighted by Gasteiger charge is 2.46. The van der Waals surface area contributed by atoms with E-state index in [1.54, 1.807) is 0 Å². The molecule has 1 aliphatic heterocycles. The van der Waals surface area contributed by atoms with Gasteiger partial charge in [-0.25, -0.2) is 9.79 Å². The number of carbonyl (C=O) groups excluding carboxylic acids is 2. The summed E-state index contributed by atoms with van der Waals surface area (Å²) < 4.78 is 16.5. The number of amides is 1. The number of nitrogens with two attached hydrogens (primary N) is 2. The fraction of sp³-hybridized carbons (Fsp3) is 0.714. The number of guanidine groups is 1. The van der Waals surface area contributed by atoms with E-state index in [2.05, 4.69) is 17.2 Å². The largest absolute Gasteiger partial charge is 0.478 e. The number of aliphatic hydroxyl groups excluding tert-OH is 1. The van der Waals surface area contributed by atoms with Crippen LogP contribution in [0.25, 0.3) is 0 Å². The second kappa shape index (κ2) is 14.3. The van der Waals surface area contributed by atoms with E-state index in [0.29, 0.717) is 6.42 Å². The van der Waals surface area contributed by atoms with Gasteiger partial charge in [0.2, 0.25) is 11.7 Å². The predicted molar refractivity (Wildman–Crippen MR) is 119 cm³/mol. The first-order valence-electron chi connectivity index (χ1n) is 10.9. The summed E-state index contributed by atoms with van der Waals surface area (Å²) in [7, 11) is 1.29. The molecular weight excluding hydrogens is 436 g/mol. The highest BCUT2D eigenvalue weighted by atomic mass is 16.6. The van der Waals surface area contributed by atoms with Gasteiger partial charge in [0.25, 0.3) is 0 Å². The standard InChI is InChI=1S/C21H36N4O8/c1-4-5-6-7-8-9-16(28)32-15(11-26)18(31-3)19-17(24-12(2)27)13(25-21(22)23)10-14(33-19)20(29)30/h10,13,15,17-19,26H,4-9,11H2,1-3H3,(H,24,27)(H,29,30)(H4,22,23,25)/t13?,15-,17?,18-,19?/m1/s1. The summed E-state index contributed by atoms with van der Waals surface area (Å²) in [5.74, 6) is -3.20. The van der Waals surface area contributed by atoms with E-state index in [1.807, 2.05) is 0 Å². The SMILES string of the molecule is CCCCCCCC(=O)O[C@H](CO)[C@@H](OC)C1OC(C(=O)O)=CC(N=C(N)N)C1NC(C)=O. The van der Waals surface area contributed by atoms with Crippen molar-refractivity contribution in [2.24, 2.45) is 16.5 Å². The Labute approximate surface area is 193 Å². The summed E-state index contributed by atoms with van der Waals surface area (Å²) >= 11 is 0. The maximum Gasteiger partial charge on any atom is 0.370 e. The lowest BCUT2D eigenvalue weighted by Gasteiger charge is -2.40. The molecule has 0 fully saturated rings. The van der Waals surface area contributed by atoms with Crippen molar-refractivity contribution in [3.05, 3.63) is 11.8 Å². The maximum atomic E-state index is 12.3. The van der Waals surface area contributed by atoms with Gasteiger partial charge in [-0.1, -0.05) is 32.6 Å². The zero-order chi connectivity index (χ0) is 25.0. The van der Waals surface area contributed by atoms with E-state index in [0.717, 1.165) is 31.8 Å². The summed E-state index contributed by atoms with van der Waals surface area (Å²) in [6.45, 7) is 2.73. The average molecular weight is 473 g/mol. The van der Waals surface area contributed by atoms with Gasteiger partial charge in [-0.05, 0) is 12.5 Å². The molecule has 1 heterocycles. The van der Waals surface area contributed by atoms with Gasteiger partial charge >= 0.3 is 11.9 Å². The van der Waals surface area contributed by atoms with Crippen LogP contribution in [0.4, 0.5) is 0 Å². The molecular formula is C21H36N4O8. The number of ether oxygens (including phenoxy) is 3. The molecule has 12 nitrogen and oxygen atoms in total. The number of nitrogens with one attached hydrogen (secondary N) is 1. The number of hydrogen-bond acceptors (Lipinski definition) is 8. The lowest BCUT2D eigenvalue weighted by molar-refractivity contribution is -0.174. The summed E-state index contributed by atoms with van der Waals surface area (Å²) in [6, 6.07) is -1.98. The van der Waals surface area contributed by atoms with Crippen LogP contribution in [-0.4, -0.2) is 78.1 Å². The molecule has 3 unspecified atom stereocenters. The van der Waals surface area contributed by atoms with Crippen LogP contribution in [0.2, 0.25) is 0 Å². The predicted octanol–water partition coefficient (Wildman–Crippen LogP) is -0.220. The number of carboxylic acid groups (broad SMARTS) is 1. The second-order valence-corrected chi connectivity index (χ2v) is 7.76. The number of aliphatic carboxylic acids is 1. The smallest absolute Gasteiger partial charge is 0.370 e. The molecule has 12 heteroatoms. The highest BCUT2D eigenvalue weighted by molar-refractivity contribution is 5.85. The van der Waals surface area contributed by atoms with Gasteiger partial charge in [0.05, 0.1) is 18.7 Å². The van der Waals surface area contributed by atoms with Crippen LogP contribution in [0, 0.1) is 0 Å². The Hall–Kier alpha value is -2.86. The van der Waals surface area contributed by atoms with Crippen LogP contribution in [0.3, 0.4) is 0 Å². The van der Waals surface area contributed by atoms with Crippen LogP contribution in [0.1, 0.15) is 52.4 Å². The Morgan fingerprint density at radius 1 is 1.24 bits per heavy atom. The van der Waals surface area contributed by atoms with Crippen LogP contribution in [-0.2, 0) is 28.6 Å². The second-order valence-electron chi connectivity index (χ2n) is 7.76. The molecule has 0 saturated heterocycles. The monoisotopic (exact) mass is 472 g/mol. The zero-order valence-corrected chi connectivity index (χ0v) is 19.4. The number of nitrogens with zero attached hydrogens (tertiary/aromatic N) is 1. The third-order valence-electron chi connectivity index (χ3n) is 5.10. The number of aliphatic imine (C=N–C) groups is 1. The Morgan fingerprint density at radius 3 is 2.42 bits per heavy atom. The number of unbranched alkanes of at least 4 members (excludes halogenated alkanes) is 4. The average Bonchev–Trinajstić information content (AvgIpc) is 2.74. The lowest BCUT2D eigenvalue weighted by atomic mass is 9.92. The molecule has 0 aromatic rings. The molecule has 0 aromatic heterocycles. The van der Waals surface area contributed by atoms with Gasteiger partial charge < -0.3 is 41.2 Å². The van der Waals surface area contributed by atoms with Gasteiger partial charge in [-0.15, -0.1) is 0 Å². The van der Waals surface area contributed by atoms with Crippen molar-refractivity contribution in [3.63, 3.8) is 0 Å². The molecule has 1 amide bonds. The third kappa shape index (κ3) is 9.26. The number of methoxy groups -OCH3 is 1. The molecule has 0 aromatic carbocycles. The Balaban J connectivity index is 3.12. The number of hydrogen-bond donors (Lipinski definition) is 5. The van der Waals surface area contributed by atoms with Gasteiger partial charge in [-0.2, -0.15) is 0 Å². The third-order valence-corrected chi connectivity index (χ3v) is 5.10. The number of rotatable bonds is 14. The first-order valence-corrected chi connectivity index (χ1v) is 10.9. The van der Waals surface area contributed by atoms with E-state index in [1.165, 1.54) is 14.0 Å². The van der Waals surface area contributed by atoms with Gasteiger partial charge in [-0.3, -0.25) is 9.59 Å². The molecule has 0 saturated carbocycles. The number of carboxylic acids is 1. The van der Waals surface area contributed by atoms with E-state index in [-0.39, 0.29) is 12.4 Å². The molecule has 0 spiro atoms. The molecule has 0 bridgehead atoms. The molecule has 188 valence electrons. The summed E-state index contributed by atoms with van der Waals surface area (Å²) in [4.78, 5) is 39.8. The summed E-state index contributed by atoms with van der Waals surface area (Å²) in [5.41, 5.74) is 11.0. The first kappa shape index (κ1) is 28.2. The minimum absolute atomic E-state index is 0.161. The van der Waals surface area contributed by atoms with Crippen molar-refractivity contribution in [2.75, 3.05) is 13.7 Å². The van der Waals surface area contributed by atoms with Crippen molar-refractivity contribution in [3.8, 4) is 0 Å². The van der Waals surface area contributed by atoms with Gasteiger partial charge in [0.1, 0.15) is 6.10 Å². The van der Waals surface area contributed by atoms with E-state index >= 15 is 0 Å². The molecule has 0 aliphatic carbocycles. The normalized spacial score (nSPS) is 21.7. The fourth-order valence-corrected chi connectivity index (χ4v) is 3.60. The quantitative estimate of drug-likeness (QED) is 0.0975. The van der Waals surface area contributed by atoms with Gasteiger partial charge in [0.15, 0.2) is 18.2 Å². The Bertz CT molecular complexity index is 723. The van der Waals surface area contributed by atoms with E-state index in [9.17, 15) is 24.6 Å². The van der Waals surface area contributed by atoms with Crippen LogP contribution < -0.4 is 16.8 Å². The summed E-state index contributed by atoms with van der Waals surface area (Å²) in [5, 5.41) is 22.0. The lowest BCUT2D eigenvalue weighted by Crippen LogP contribution is -2.60. The van der Waals surface area contributed by atoms with Crippen molar-refractivity contribution in [1.82, 2.24) is 5.32 Å². The number of esters is 1. The van der Waals surface area contributed by atoms with E-state index in [4.69, 9.17) is 25.7 Å². The molecule has 33 heavy (non-hydrogen) atoms. The minimum Gasteiger partial charge on any atom is -0.478 e. The fourth-order valence-electron chi connectivity index (χ4n) is 3.60. The summed E-state index contributed by atoms with van der Waals surface area (Å²) in [6.07, 6.45) is 2.48. The zero-order valence-electron chi connectivity index (χ0n) is 19.4. The Kier molecular flexibility index (Phi) is 12.2. The maximum absolute atomic E-state index is 12.3. The van der Waals surface area contributed by atoms with Crippen LogP contribution in [0.5, 0.6) is 0 Å². The van der Waals surface area contributed by atoms with Gasteiger partial charge in [0, 0.05) is 20.5 Å². The van der Waals surface area contributed by atoms with Crippen LogP contribution >= 0.6 is 0 Å².